The fourth-order valence-corrected chi connectivity index (χ4v) is 3.80. The largest absolute Gasteiger partial charge is 0.391 e. The molecule has 0 aromatic carbocycles. The quantitative estimate of drug-likeness (QED) is 0.165. The summed E-state index contributed by atoms with van der Waals surface area (Å²) in [5.41, 5.74) is 0. The van der Waals surface area contributed by atoms with E-state index >= 15 is 0 Å². The zero-order chi connectivity index (χ0) is 20.5. The van der Waals surface area contributed by atoms with Crippen LogP contribution in [0.1, 0.15) is 149 Å². The third kappa shape index (κ3) is 24.0. The lowest BCUT2D eigenvalue weighted by Crippen LogP contribution is -2.14. The van der Waals surface area contributed by atoms with E-state index in [4.69, 9.17) is 4.74 Å². The molecule has 2 heteroatoms. The fourth-order valence-electron chi connectivity index (χ4n) is 3.80. The SMILES string of the molecule is CCCCCCCCCCCCCCCCCCCCCCOCC(O)CC. The molecule has 0 saturated carbocycles. The predicted molar refractivity (Wildman–Crippen MR) is 125 cm³/mol. The third-order valence-corrected chi connectivity index (χ3v) is 5.92. The van der Waals surface area contributed by atoms with Crippen LogP contribution < -0.4 is 0 Å². The molecule has 0 spiro atoms. The van der Waals surface area contributed by atoms with E-state index in [9.17, 15) is 5.11 Å². The summed E-state index contributed by atoms with van der Waals surface area (Å²) in [5, 5.41) is 9.40. The molecule has 0 heterocycles. The van der Waals surface area contributed by atoms with E-state index in [2.05, 4.69) is 6.92 Å². The van der Waals surface area contributed by atoms with Crippen LogP contribution in [0.25, 0.3) is 0 Å². The van der Waals surface area contributed by atoms with Gasteiger partial charge in [-0.05, 0) is 12.8 Å². The van der Waals surface area contributed by atoms with Crippen LogP contribution in [0.15, 0.2) is 0 Å². The molecule has 0 aliphatic rings. The Bertz CT molecular complexity index is 267. The molecule has 0 amide bonds. The summed E-state index contributed by atoms with van der Waals surface area (Å²) in [5.74, 6) is 0. The first kappa shape index (κ1) is 27.9. The molecule has 0 saturated heterocycles. The summed E-state index contributed by atoms with van der Waals surface area (Å²) in [6, 6.07) is 0. The van der Waals surface area contributed by atoms with Crippen molar-refractivity contribution in [2.24, 2.45) is 0 Å². The van der Waals surface area contributed by atoms with Crippen molar-refractivity contribution < 1.29 is 9.84 Å². The van der Waals surface area contributed by atoms with Crippen LogP contribution in [0.3, 0.4) is 0 Å². The Morgan fingerprint density at radius 3 is 1.14 bits per heavy atom. The molecule has 170 valence electrons. The van der Waals surface area contributed by atoms with Crippen molar-refractivity contribution in [2.45, 2.75) is 155 Å². The van der Waals surface area contributed by atoms with Gasteiger partial charge >= 0.3 is 0 Å². The van der Waals surface area contributed by atoms with Gasteiger partial charge < -0.3 is 9.84 Å². The minimum absolute atomic E-state index is 0.273. The van der Waals surface area contributed by atoms with Crippen molar-refractivity contribution >= 4 is 0 Å². The van der Waals surface area contributed by atoms with E-state index in [1.54, 1.807) is 0 Å². The van der Waals surface area contributed by atoms with E-state index < -0.39 is 0 Å². The van der Waals surface area contributed by atoms with Crippen LogP contribution in [-0.4, -0.2) is 24.4 Å². The number of hydrogen-bond acceptors (Lipinski definition) is 2. The van der Waals surface area contributed by atoms with Gasteiger partial charge in [0.2, 0.25) is 0 Å². The highest BCUT2D eigenvalue weighted by atomic mass is 16.5. The van der Waals surface area contributed by atoms with Gasteiger partial charge in [-0.1, -0.05) is 136 Å². The van der Waals surface area contributed by atoms with Crippen molar-refractivity contribution in [2.75, 3.05) is 13.2 Å². The van der Waals surface area contributed by atoms with Crippen molar-refractivity contribution in [3.63, 3.8) is 0 Å². The van der Waals surface area contributed by atoms with E-state index in [1.165, 1.54) is 122 Å². The standard InChI is InChI=1S/C26H54O2/c1-3-5-6-7-8-9-10-11-12-13-14-15-16-17-18-19-20-21-22-23-24-28-25-26(27)4-2/h26-27H,3-25H2,1-2H3. The number of hydrogen-bond donors (Lipinski definition) is 1. The number of rotatable bonds is 24. The molecule has 0 fully saturated rings. The van der Waals surface area contributed by atoms with Gasteiger partial charge in [-0.3, -0.25) is 0 Å². The van der Waals surface area contributed by atoms with Gasteiger partial charge in [0.25, 0.3) is 0 Å². The Kier molecular flexibility index (Phi) is 24.9. The molecule has 1 unspecified atom stereocenters. The zero-order valence-corrected chi connectivity index (χ0v) is 19.7. The van der Waals surface area contributed by atoms with Crippen LogP contribution in [-0.2, 0) is 4.74 Å². The van der Waals surface area contributed by atoms with Crippen molar-refractivity contribution in [1.82, 2.24) is 0 Å². The molecule has 2 nitrogen and oxygen atoms in total. The fraction of sp³-hybridized carbons (Fsp3) is 1.00. The van der Waals surface area contributed by atoms with Gasteiger partial charge in [-0.25, -0.2) is 0 Å². The van der Waals surface area contributed by atoms with E-state index in [1.807, 2.05) is 6.92 Å². The first-order chi connectivity index (χ1) is 13.8. The minimum atomic E-state index is -0.273. The molecule has 28 heavy (non-hydrogen) atoms. The molecule has 0 aromatic rings. The number of aliphatic hydroxyl groups excluding tert-OH is 1. The van der Waals surface area contributed by atoms with Crippen molar-refractivity contribution in [3.05, 3.63) is 0 Å². The maximum atomic E-state index is 9.40. The van der Waals surface area contributed by atoms with Crippen LogP contribution >= 0.6 is 0 Å². The van der Waals surface area contributed by atoms with Gasteiger partial charge in [0.15, 0.2) is 0 Å². The summed E-state index contributed by atoms with van der Waals surface area (Å²) in [6.45, 7) is 5.61. The minimum Gasteiger partial charge on any atom is -0.391 e. The van der Waals surface area contributed by atoms with Crippen LogP contribution in [0.4, 0.5) is 0 Å². The molecular formula is C26H54O2. The van der Waals surface area contributed by atoms with Gasteiger partial charge in [0.05, 0.1) is 12.7 Å². The zero-order valence-electron chi connectivity index (χ0n) is 19.7. The summed E-state index contributed by atoms with van der Waals surface area (Å²) < 4.78 is 5.47. The maximum Gasteiger partial charge on any atom is 0.0771 e. The first-order valence-electron chi connectivity index (χ1n) is 13.1. The number of unbranched alkanes of at least 4 members (excludes halogenated alkanes) is 19. The van der Waals surface area contributed by atoms with Gasteiger partial charge in [0, 0.05) is 6.61 Å². The highest BCUT2D eigenvalue weighted by Gasteiger charge is 1.99. The Morgan fingerprint density at radius 2 is 0.821 bits per heavy atom. The molecule has 0 bridgehead atoms. The van der Waals surface area contributed by atoms with Gasteiger partial charge in [-0.2, -0.15) is 0 Å². The number of aliphatic hydroxyl groups is 1. The lowest BCUT2D eigenvalue weighted by atomic mass is 10.0. The van der Waals surface area contributed by atoms with E-state index in [0.717, 1.165) is 19.4 Å². The Hall–Kier alpha value is -0.0800. The second kappa shape index (κ2) is 25.0. The smallest absolute Gasteiger partial charge is 0.0771 e. The first-order valence-corrected chi connectivity index (χ1v) is 13.1. The number of ether oxygens (including phenoxy) is 1. The molecule has 0 aliphatic carbocycles. The highest BCUT2D eigenvalue weighted by molar-refractivity contribution is 4.52. The molecule has 0 radical (unpaired) electrons. The predicted octanol–water partition coefficient (Wildman–Crippen LogP) is 8.60. The average Bonchev–Trinajstić information content (AvgIpc) is 2.71. The van der Waals surface area contributed by atoms with E-state index in [-0.39, 0.29) is 6.10 Å². The van der Waals surface area contributed by atoms with Crippen molar-refractivity contribution in [1.29, 1.82) is 0 Å². The monoisotopic (exact) mass is 398 g/mol. The van der Waals surface area contributed by atoms with Crippen molar-refractivity contribution in [3.8, 4) is 0 Å². The Balaban J connectivity index is 3.00. The van der Waals surface area contributed by atoms with Crippen LogP contribution in [0, 0.1) is 0 Å². The maximum absolute atomic E-state index is 9.40. The summed E-state index contributed by atoms with van der Waals surface area (Å²) in [4.78, 5) is 0. The average molecular weight is 399 g/mol. The molecule has 0 aromatic heterocycles. The summed E-state index contributed by atoms with van der Waals surface area (Å²) in [7, 11) is 0. The molecule has 0 rings (SSSR count). The van der Waals surface area contributed by atoms with Gasteiger partial charge in [-0.15, -0.1) is 0 Å². The van der Waals surface area contributed by atoms with Gasteiger partial charge in [0.1, 0.15) is 0 Å². The second-order valence-corrected chi connectivity index (χ2v) is 8.85. The summed E-state index contributed by atoms with van der Waals surface area (Å²) in [6.07, 6.45) is 28.9. The highest BCUT2D eigenvalue weighted by Crippen LogP contribution is 2.14. The molecule has 1 N–H and O–H groups in total. The second-order valence-electron chi connectivity index (χ2n) is 8.85. The summed E-state index contributed by atoms with van der Waals surface area (Å²) >= 11 is 0. The lowest BCUT2D eigenvalue weighted by Gasteiger charge is -2.08. The topological polar surface area (TPSA) is 29.5 Å². The molecular weight excluding hydrogens is 344 g/mol. The molecule has 0 aliphatic heterocycles. The Labute approximate surface area is 178 Å². The van der Waals surface area contributed by atoms with Crippen LogP contribution in [0.5, 0.6) is 0 Å². The normalized spacial score (nSPS) is 12.5. The van der Waals surface area contributed by atoms with E-state index in [0.29, 0.717) is 6.61 Å². The Morgan fingerprint density at radius 1 is 0.500 bits per heavy atom. The van der Waals surface area contributed by atoms with Crippen LogP contribution in [0.2, 0.25) is 0 Å². The third-order valence-electron chi connectivity index (χ3n) is 5.92. The lowest BCUT2D eigenvalue weighted by molar-refractivity contribution is 0.0335. The molecule has 1 atom stereocenters.